The van der Waals surface area contributed by atoms with E-state index < -0.39 is 14.1 Å². The fraction of sp³-hybridized carbons (Fsp3) is 0.486. The highest BCUT2D eigenvalue weighted by Gasteiger charge is 2.37. The molecule has 3 rings (SSSR count). The second-order valence-corrected chi connectivity index (χ2v) is 13.2. The SMILES string of the molecule is [C-]#[N+]CCOP(OCCCCCCOC(c1ccc(C)cc1)(c1ccc(C)cc1)c1ccc(OC)cc1)N(C(C)C)C(C)C. The van der Waals surface area contributed by atoms with E-state index in [2.05, 4.69) is 112 Å². The minimum absolute atomic E-state index is 0.305. The largest absolute Gasteiger partial charge is 0.497 e. The predicted octanol–water partition coefficient (Wildman–Crippen LogP) is 9.48. The van der Waals surface area contributed by atoms with Gasteiger partial charge in [-0.3, -0.25) is 0 Å². The van der Waals surface area contributed by atoms with Crippen LogP contribution >= 0.6 is 8.53 Å². The summed E-state index contributed by atoms with van der Waals surface area (Å²) in [5.74, 6) is 0.822. The van der Waals surface area contributed by atoms with Gasteiger partial charge in [-0.05, 0) is 83.2 Å². The van der Waals surface area contributed by atoms with Gasteiger partial charge in [-0.15, -0.1) is 0 Å². The van der Waals surface area contributed by atoms with Crippen LogP contribution in [0.3, 0.4) is 0 Å². The molecule has 1 atom stereocenters. The number of unbranched alkanes of at least 4 members (excludes halogenated alkanes) is 3. The Morgan fingerprint density at radius 2 is 1.14 bits per heavy atom. The number of hydrogen-bond donors (Lipinski definition) is 0. The first-order valence-electron chi connectivity index (χ1n) is 15.8. The van der Waals surface area contributed by atoms with Crippen molar-refractivity contribution in [3.05, 3.63) is 112 Å². The van der Waals surface area contributed by atoms with E-state index in [1.807, 2.05) is 12.1 Å². The van der Waals surface area contributed by atoms with Gasteiger partial charge in [0.25, 0.3) is 8.53 Å². The zero-order chi connectivity index (χ0) is 32.0. The summed E-state index contributed by atoms with van der Waals surface area (Å²) in [6, 6.07) is 26.2. The van der Waals surface area contributed by atoms with Crippen LogP contribution in [0.1, 0.15) is 81.2 Å². The van der Waals surface area contributed by atoms with Gasteiger partial charge in [-0.1, -0.05) is 84.6 Å². The van der Waals surface area contributed by atoms with Crippen molar-refractivity contribution in [3.8, 4) is 5.75 Å². The normalized spacial score (nSPS) is 12.6. The van der Waals surface area contributed by atoms with Gasteiger partial charge in [-0.2, -0.15) is 0 Å². The molecule has 0 bridgehead atoms. The number of methoxy groups -OCH3 is 1. The van der Waals surface area contributed by atoms with Gasteiger partial charge < -0.3 is 23.4 Å². The molecule has 44 heavy (non-hydrogen) atoms. The molecule has 0 fully saturated rings. The van der Waals surface area contributed by atoms with Crippen LogP contribution in [0.2, 0.25) is 0 Å². The lowest BCUT2D eigenvalue weighted by atomic mass is 9.79. The summed E-state index contributed by atoms with van der Waals surface area (Å²) < 4.78 is 27.1. The summed E-state index contributed by atoms with van der Waals surface area (Å²) in [6.07, 6.45) is 3.98. The summed E-state index contributed by atoms with van der Waals surface area (Å²) >= 11 is 0. The Hall–Kier alpha value is -2.78. The van der Waals surface area contributed by atoms with E-state index in [4.69, 9.17) is 25.1 Å². The third-order valence-corrected chi connectivity index (χ3v) is 9.73. The van der Waals surface area contributed by atoms with E-state index in [-0.39, 0.29) is 0 Å². The van der Waals surface area contributed by atoms with Crippen LogP contribution in [0.25, 0.3) is 4.85 Å². The first kappa shape index (κ1) is 35.7. The molecule has 238 valence electrons. The molecule has 0 aliphatic rings. The smallest absolute Gasteiger partial charge is 0.259 e. The molecule has 0 aromatic heterocycles. The minimum atomic E-state index is -1.19. The third-order valence-electron chi connectivity index (χ3n) is 7.62. The molecule has 0 amide bonds. The average molecular weight is 619 g/mol. The van der Waals surface area contributed by atoms with Crippen molar-refractivity contribution in [1.82, 2.24) is 4.67 Å². The summed E-state index contributed by atoms with van der Waals surface area (Å²) in [5, 5.41) is 0. The number of nitrogens with zero attached hydrogens (tertiary/aromatic N) is 2. The second kappa shape index (κ2) is 18.3. The lowest BCUT2D eigenvalue weighted by molar-refractivity contribution is 0.0105. The number of hydrogen-bond acceptors (Lipinski definition) is 5. The summed E-state index contributed by atoms with van der Waals surface area (Å²) in [7, 11) is 0.506. The topological polar surface area (TPSA) is 44.5 Å². The fourth-order valence-electron chi connectivity index (χ4n) is 5.39. The van der Waals surface area contributed by atoms with Crippen LogP contribution in [0.5, 0.6) is 5.75 Å². The maximum Gasteiger partial charge on any atom is 0.259 e. The molecule has 0 saturated heterocycles. The van der Waals surface area contributed by atoms with Crippen LogP contribution in [0, 0.1) is 20.4 Å². The molecule has 3 aromatic carbocycles. The summed E-state index contributed by atoms with van der Waals surface area (Å²) in [6.45, 7) is 22.0. The summed E-state index contributed by atoms with van der Waals surface area (Å²) in [5.41, 5.74) is 4.98. The fourth-order valence-corrected chi connectivity index (χ4v) is 7.00. The van der Waals surface area contributed by atoms with Crippen molar-refractivity contribution in [2.45, 2.75) is 84.9 Å². The van der Waals surface area contributed by atoms with Crippen LogP contribution in [0.15, 0.2) is 72.8 Å². The highest BCUT2D eigenvalue weighted by molar-refractivity contribution is 7.44. The second-order valence-electron chi connectivity index (χ2n) is 11.8. The van der Waals surface area contributed by atoms with E-state index in [0.29, 0.717) is 38.4 Å². The monoisotopic (exact) mass is 618 g/mol. The van der Waals surface area contributed by atoms with E-state index >= 15 is 0 Å². The van der Waals surface area contributed by atoms with Crippen LogP contribution < -0.4 is 4.74 Å². The minimum Gasteiger partial charge on any atom is -0.497 e. The highest BCUT2D eigenvalue weighted by atomic mass is 31.2. The average Bonchev–Trinajstić information content (AvgIpc) is 3.01. The molecule has 0 spiro atoms. The van der Waals surface area contributed by atoms with Crippen molar-refractivity contribution >= 4 is 8.53 Å². The zero-order valence-electron chi connectivity index (χ0n) is 27.7. The summed E-state index contributed by atoms with van der Waals surface area (Å²) in [4.78, 5) is 3.43. The molecule has 0 aliphatic carbocycles. The van der Waals surface area contributed by atoms with E-state index in [1.54, 1.807) is 7.11 Å². The molecule has 3 aromatic rings. The van der Waals surface area contributed by atoms with Gasteiger partial charge in [0.15, 0.2) is 0 Å². The Kier molecular flexibility index (Phi) is 14.8. The van der Waals surface area contributed by atoms with Crippen molar-refractivity contribution in [2.24, 2.45) is 0 Å². The molecule has 0 saturated carbocycles. The molecule has 1 unspecified atom stereocenters. The number of benzene rings is 3. The first-order valence-corrected chi connectivity index (χ1v) is 17.0. The van der Waals surface area contributed by atoms with Gasteiger partial charge in [0.05, 0.1) is 13.7 Å². The maximum absolute atomic E-state index is 7.07. The predicted molar refractivity (Wildman–Crippen MR) is 182 cm³/mol. The Balaban J connectivity index is 1.69. The first-order chi connectivity index (χ1) is 21.2. The van der Waals surface area contributed by atoms with E-state index in [9.17, 15) is 0 Å². The van der Waals surface area contributed by atoms with Crippen LogP contribution in [0.4, 0.5) is 0 Å². The molecule has 6 nitrogen and oxygen atoms in total. The molecule has 7 heteroatoms. The molecule has 0 aliphatic heterocycles. The Bertz CT molecular complexity index is 1220. The van der Waals surface area contributed by atoms with Gasteiger partial charge >= 0.3 is 0 Å². The highest BCUT2D eigenvalue weighted by Crippen LogP contribution is 2.46. The maximum atomic E-state index is 7.07. The van der Waals surface area contributed by atoms with E-state index in [1.165, 1.54) is 11.1 Å². The quantitative estimate of drug-likeness (QED) is 0.0580. The third kappa shape index (κ3) is 9.86. The molecule has 0 heterocycles. The molecular formula is C37H51N2O4P. The van der Waals surface area contributed by atoms with Crippen molar-refractivity contribution in [1.29, 1.82) is 0 Å². The lowest BCUT2D eigenvalue weighted by Gasteiger charge is -2.36. The van der Waals surface area contributed by atoms with Gasteiger partial charge in [0.2, 0.25) is 6.54 Å². The number of ether oxygens (including phenoxy) is 2. The van der Waals surface area contributed by atoms with Crippen LogP contribution in [-0.4, -0.2) is 50.2 Å². The zero-order valence-corrected chi connectivity index (χ0v) is 28.6. The Morgan fingerprint density at radius 1 is 0.682 bits per heavy atom. The Labute approximate surface area is 267 Å². The van der Waals surface area contributed by atoms with Gasteiger partial charge in [0, 0.05) is 18.7 Å². The Morgan fingerprint density at radius 3 is 1.59 bits per heavy atom. The van der Waals surface area contributed by atoms with Gasteiger partial charge in [-0.25, -0.2) is 11.2 Å². The van der Waals surface area contributed by atoms with Crippen molar-refractivity contribution < 1.29 is 18.5 Å². The number of rotatable bonds is 19. The molecular weight excluding hydrogens is 567 g/mol. The number of aryl methyl sites for hydroxylation is 2. The van der Waals surface area contributed by atoms with Gasteiger partial charge in [0.1, 0.15) is 18.0 Å². The lowest BCUT2D eigenvalue weighted by Crippen LogP contribution is -2.33. The van der Waals surface area contributed by atoms with Crippen LogP contribution in [-0.2, 0) is 19.4 Å². The molecule has 0 N–H and O–H groups in total. The van der Waals surface area contributed by atoms with E-state index in [0.717, 1.165) is 48.1 Å². The molecule has 0 radical (unpaired) electrons. The van der Waals surface area contributed by atoms with Crippen molar-refractivity contribution in [3.63, 3.8) is 0 Å². The van der Waals surface area contributed by atoms with Crippen molar-refractivity contribution in [2.75, 3.05) is 33.5 Å². The standard InChI is InChI=1S/C37H51N2O4P/c1-29(2)39(30(3)4)44(43-28-25-38-7)42-27-12-10-9-11-26-41-37(33-17-13-31(5)14-18-33,34-19-15-32(6)16-20-34)35-21-23-36(40-8)24-22-35/h13-24,29-30H,9-12,25-28H2,1-6,8H3.